The molecule has 1 rings (SSSR count). The topological polar surface area (TPSA) is 63.4 Å². The van der Waals surface area contributed by atoms with Crippen LogP contribution in [0, 0.1) is 10.1 Å². The highest BCUT2D eigenvalue weighted by Gasteiger charge is 2.11. The van der Waals surface area contributed by atoms with E-state index in [0.717, 1.165) is 5.56 Å². The van der Waals surface area contributed by atoms with Gasteiger partial charge in [0.1, 0.15) is 6.10 Å². The number of aliphatic hydroxyl groups is 1. The number of nitrogens with zero attached hydrogens (tertiary/aromatic N) is 1. The molecule has 1 unspecified atom stereocenters. The minimum atomic E-state index is -0.891. The molecule has 0 fully saturated rings. The first-order chi connectivity index (χ1) is 6.18. The van der Waals surface area contributed by atoms with Gasteiger partial charge in [-0.15, -0.1) is 0 Å². The van der Waals surface area contributed by atoms with Crippen molar-refractivity contribution in [3.8, 4) is 0 Å². The lowest BCUT2D eigenvalue weighted by molar-refractivity contribution is -0.490. The van der Waals surface area contributed by atoms with Crippen molar-refractivity contribution < 1.29 is 10.0 Å². The van der Waals surface area contributed by atoms with E-state index in [-0.39, 0.29) is 0 Å². The van der Waals surface area contributed by atoms with Gasteiger partial charge in [0.15, 0.2) is 0 Å². The van der Waals surface area contributed by atoms with Crippen molar-refractivity contribution in [1.29, 1.82) is 0 Å². The molecule has 4 nitrogen and oxygen atoms in total. The first kappa shape index (κ1) is 9.67. The highest BCUT2D eigenvalue weighted by molar-refractivity contribution is 5.15. The molecule has 70 valence electrons. The van der Waals surface area contributed by atoms with Crippen molar-refractivity contribution in [1.82, 2.24) is 0 Å². The van der Waals surface area contributed by atoms with Crippen LogP contribution in [0.15, 0.2) is 30.3 Å². The van der Waals surface area contributed by atoms with Crippen LogP contribution < -0.4 is 0 Å². The number of rotatable bonds is 4. The highest BCUT2D eigenvalue weighted by Crippen LogP contribution is 2.02. The van der Waals surface area contributed by atoms with Gasteiger partial charge in [-0.3, -0.25) is 10.1 Å². The summed E-state index contributed by atoms with van der Waals surface area (Å²) in [5, 5.41) is 19.3. The van der Waals surface area contributed by atoms with E-state index in [0.29, 0.717) is 6.42 Å². The van der Waals surface area contributed by atoms with Gasteiger partial charge in [-0.2, -0.15) is 0 Å². The van der Waals surface area contributed by atoms with E-state index in [1.54, 1.807) is 0 Å². The lowest BCUT2D eigenvalue weighted by Gasteiger charge is -2.04. The van der Waals surface area contributed by atoms with E-state index in [2.05, 4.69) is 0 Å². The Morgan fingerprint density at radius 3 is 2.54 bits per heavy atom. The van der Waals surface area contributed by atoms with Gasteiger partial charge in [0.2, 0.25) is 6.54 Å². The Bertz CT molecular complexity index is 273. The fourth-order valence-electron chi connectivity index (χ4n) is 1.12. The van der Waals surface area contributed by atoms with Gasteiger partial charge >= 0.3 is 0 Å². The van der Waals surface area contributed by atoms with Crippen LogP contribution in [-0.4, -0.2) is 22.7 Å². The van der Waals surface area contributed by atoms with Gasteiger partial charge in [0, 0.05) is 11.3 Å². The fourth-order valence-corrected chi connectivity index (χ4v) is 1.12. The molecular weight excluding hydrogens is 170 g/mol. The monoisotopic (exact) mass is 181 g/mol. The average Bonchev–Trinajstić information content (AvgIpc) is 2.04. The van der Waals surface area contributed by atoms with Crippen LogP contribution in [-0.2, 0) is 6.42 Å². The Kier molecular flexibility index (Phi) is 3.40. The molecule has 13 heavy (non-hydrogen) atoms. The summed E-state index contributed by atoms with van der Waals surface area (Å²) in [6.45, 7) is -0.394. The Labute approximate surface area is 76.0 Å². The van der Waals surface area contributed by atoms with E-state index < -0.39 is 17.6 Å². The molecule has 1 atom stereocenters. The molecule has 0 saturated carbocycles. The maximum Gasteiger partial charge on any atom is 0.229 e. The second kappa shape index (κ2) is 4.57. The standard InChI is InChI=1S/C9H11NO3/c11-9(7-10(12)13)6-8-4-2-1-3-5-8/h1-5,9,11H,6-7H2. The van der Waals surface area contributed by atoms with Crippen molar-refractivity contribution in [2.45, 2.75) is 12.5 Å². The summed E-state index contributed by atoms with van der Waals surface area (Å²) in [6.07, 6.45) is -0.556. The van der Waals surface area contributed by atoms with E-state index in [4.69, 9.17) is 0 Å². The van der Waals surface area contributed by atoms with E-state index in [1.165, 1.54) is 0 Å². The molecule has 1 N–H and O–H groups in total. The number of hydrogen-bond donors (Lipinski definition) is 1. The summed E-state index contributed by atoms with van der Waals surface area (Å²) in [4.78, 5) is 9.54. The summed E-state index contributed by atoms with van der Waals surface area (Å²) in [5.41, 5.74) is 0.914. The smallest absolute Gasteiger partial charge is 0.229 e. The van der Waals surface area contributed by atoms with Crippen LogP contribution in [0.3, 0.4) is 0 Å². The fraction of sp³-hybridized carbons (Fsp3) is 0.333. The van der Waals surface area contributed by atoms with Crippen LogP contribution in [0.4, 0.5) is 0 Å². The molecule has 4 heteroatoms. The second-order valence-electron chi connectivity index (χ2n) is 2.86. The number of hydrogen-bond acceptors (Lipinski definition) is 3. The van der Waals surface area contributed by atoms with Gasteiger partial charge in [0.05, 0.1) is 0 Å². The zero-order chi connectivity index (χ0) is 9.68. The van der Waals surface area contributed by atoms with Gasteiger partial charge < -0.3 is 5.11 Å². The second-order valence-corrected chi connectivity index (χ2v) is 2.86. The Hall–Kier alpha value is -1.42. The van der Waals surface area contributed by atoms with Crippen molar-refractivity contribution in [3.63, 3.8) is 0 Å². The molecule has 0 spiro atoms. The molecule has 0 aliphatic carbocycles. The third-order valence-electron chi connectivity index (χ3n) is 1.67. The van der Waals surface area contributed by atoms with Crippen molar-refractivity contribution in [2.24, 2.45) is 0 Å². The third-order valence-corrected chi connectivity index (χ3v) is 1.67. The maximum absolute atomic E-state index is 10.0. The maximum atomic E-state index is 10.0. The summed E-state index contributed by atoms with van der Waals surface area (Å²) in [7, 11) is 0. The third kappa shape index (κ3) is 3.66. The summed E-state index contributed by atoms with van der Waals surface area (Å²) >= 11 is 0. The highest BCUT2D eigenvalue weighted by atomic mass is 16.6. The zero-order valence-electron chi connectivity index (χ0n) is 7.09. The Morgan fingerprint density at radius 2 is 2.00 bits per heavy atom. The average molecular weight is 181 g/mol. The van der Waals surface area contributed by atoms with E-state index in [9.17, 15) is 15.2 Å². The normalized spacial score (nSPS) is 12.4. The SMILES string of the molecule is O=[N+]([O-])CC(O)Cc1ccccc1. The van der Waals surface area contributed by atoms with Crippen LogP contribution in [0.5, 0.6) is 0 Å². The largest absolute Gasteiger partial charge is 0.386 e. The quantitative estimate of drug-likeness (QED) is 0.553. The van der Waals surface area contributed by atoms with Gasteiger partial charge in [0.25, 0.3) is 0 Å². The molecule has 1 aromatic rings. The van der Waals surface area contributed by atoms with E-state index in [1.807, 2.05) is 30.3 Å². The van der Waals surface area contributed by atoms with Crippen LogP contribution in [0.1, 0.15) is 5.56 Å². The van der Waals surface area contributed by atoms with Crippen molar-refractivity contribution >= 4 is 0 Å². The van der Waals surface area contributed by atoms with Gasteiger partial charge in [-0.1, -0.05) is 30.3 Å². The molecule has 0 radical (unpaired) electrons. The van der Waals surface area contributed by atoms with Crippen molar-refractivity contribution in [3.05, 3.63) is 46.0 Å². The number of aliphatic hydroxyl groups excluding tert-OH is 1. The first-order valence-electron chi connectivity index (χ1n) is 4.02. The number of benzene rings is 1. The molecule has 0 heterocycles. The molecule has 0 bridgehead atoms. The van der Waals surface area contributed by atoms with Crippen LogP contribution >= 0.6 is 0 Å². The van der Waals surface area contributed by atoms with Crippen molar-refractivity contribution in [2.75, 3.05) is 6.54 Å². The molecule has 0 saturated heterocycles. The molecule has 0 aromatic heterocycles. The van der Waals surface area contributed by atoms with Gasteiger partial charge in [-0.25, -0.2) is 0 Å². The lowest BCUT2D eigenvalue weighted by Crippen LogP contribution is -2.21. The first-order valence-corrected chi connectivity index (χ1v) is 4.02. The molecular formula is C9H11NO3. The number of nitro groups is 1. The molecule has 0 amide bonds. The molecule has 1 aromatic carbocycles. The predicted molar refractivity (Wildman–Crippen MR) is 48.0 cm³/mol. The summed E-state index contributed by atoms with van der Waals surface area (Å²) < 4.78 is 0. The van der Waals surface area contributed by atoms with Gasteiger partial charge in [-0.05, 0) is 5.56 Å². The minimum Gasteiger partial charge on any atom is -0.386 e. The molecule has 0 aliphatic heterocycles. The Balaban J connectivity index is 2.45. The Morgan fingerprint density at radius 1 is 1.38 bits per heavy atom. The predicted octanol–water partition coefficient (Wildman–Crippen LogP) is 0.867. The summed E-state index contributed by atoms with van der Waals surface area (Å²) in [5.74, 6) is 0. The zero-order valence-corrected chi connectivity index (χ0v) is 7.09. The summed E-state index contributed by atoms with van der Waals surface area (Å²) in [6, 6.07) is 9.22. The lowest BCUT2D eigenvalue weighted by atomic mass is 10.1. The van der Waals surface area contributed by atoms with Crippen LogP contribution in [0.25, 0.3) is 0 Å². The van der Waals surface area contributed by atoms with E-state index >= 15 is 0 Å². The minimum absolute atomic E-state index is 0.335. The molecule has 0 aliphatic rings. The van der Waals surface area contributed by atoms with Crippen LogP contribution in [0.2, 0.25) is 0 Å².